The van der Waals surface area contributed by atoms with Crippen LogP contribution in [0.15, 0.2) is 24.3 Å². The summed E-state index contributed by atoms with van der Waals surface area (Å²) in [5, 5.41) is 21.3. The molecule has 1 aliphatic rings. The normalized spacial score (nSPS) is 16.9. The second-order valence-electron chi connectivity index (χ2n) is 6.30. The average molecular weight is 332 g/mol. The molecule has 1 aromatic rings. The molecule has 4 N–H and O–H groups in total. The predicted octanol–water partition coefficient (Wildman–Crippen LogP) is 2.39. The number of amides is 1. The lowest BCUT2D eigenvalue weighted by molar-refractivity contribution is -0.146. The van der Waals surface area contributed by atoms with Gasteiger partial charge in [-0.1, -0.05) is 37.5 Å². The van der Waals surface area contributed by atoms with Crippen molar-refractivity contribution in [3.05, 3.63) is 41.0 Å². The Labute approximate surface area is 141 Å². The summed E-state index contributed by atoms with van der Waals surface area (Å²) in [6.45, 7) is 2.45. The molecule has 0 radical (unpaired) electrons. The molecular formula is C18H24N2O4. The van der Waals surface area contributed by atoms with Gasteiger partial charge in [0.25, 0.3) is 5.91 Å². The molecule has 1 aromatic carbocycles. The van der Waals surface area contributed by atoms with Crippen LogP contribution in [0.25, 0.3) is 6.08 Å². The van der Waals surface area contributed by atoms with Gasteiger partial charge in [0.1, 0.15) is 5.54 Å². The van der Waals surface area contributed by atoms with Gasteiger partial charge in [0.05, 0.1) is 0 Å². The van der Waals surface area contributed by atoms with Gasteiger partial charge in [0.2, 0.25) is 0 Å². The quantitative estimate of drug-likeness (QED) is 0.364. The maximum absolute atomic E-state index is 11.7. The number of carbonyl (C=O) groups is 2. The zero-order valence-corrected chi connectivity index (χ0v) is 13.8. The van der Waals surface area contributed by atoms with Crippen LogP contribution in [-0.4, -0.2) is 27.7 Å². The molecule has 6 heteroatoms. The smallest absolute Gasteiger partial charge is 0.323 e. The van der Waals surface area contributed by atoms with Gasteiger partial charge in [-0.25, -0.2) is 5.48 Å². The standard InChI is InChI=1S/C18H24N2O4/c1-13-11-14(6-8-16(21)20-24)5-7-15(13)12-19-18(17(22)23)9-3-2-4-10-18/h5-8,11,19,24H,2-4,9-10,12H2,1H3,(H,20,21)(H,22,23)/b8-6+. The third-order valence-corrected chi connectivity index (χ3v) is 4.64. The Hall–Kier alpha value is -2.18. The Balaban J connectivity index is 2.06. The van der Waals surface area contributed by atoms with E-state index in [1.54, 1.807) is 11.6 Å². The minimum Gasteiger partial charge on any atom is -0.480 e. The Morgan fingerprint density at radius 2 is 1.96 bits per heavy atom. The van der Waals surface area contributed by atoms with Crippen LogP contribution in [-0.2, 0) is 16.1 Å². The summed E-state index contributed by atoms with van der Waals surface area (Å²) >= 11 is 0. The second kappa shape index (κ2) is 8.08. The van der Waals surface area contributed by atoms with Crippen LogP contribution in [0.4, 0.5) is 0 Å². The fourth-order valence-electron chi connectivity index (χ4n) is 3.12. The van der Waals surface area contributed by atoms with Crippen molar-refractivity contribution in [2.75, 3.05) is 0 Å². The van der Waals surface area contributed by atoms with Crippen LogP contribution >= 0.6 is 0 Å². The van der Waals surface area contributed by atoms with Crippen molar-refractivity contribution in [1.29, 1.82) is 0 Å². The van der Waals surface area contributed by atoms with Gasteiger partial charge in [0, 0.05) is 12.6 Å². The minimum absolute atomic E-state index is 0.499. The molecule has 0 aromatic heterocycles. The average Bonchev–Trinajstić information content (AvgIpc) is 2.59. The molecule has 1 aliphatic carbocycles. The number of hydrogen-bond donors (Lipinski definition) is 4. The van der Waals surface area contributed by atoms with E-state index in [2.05, 4.69) is 5.32 Å². The second-order valence-corrected chi connectivity index (χ2v) is 6.30. The van der Waals surface area contributed by atoms with Crippen molar-refractivity contribution in [1.82, 2.24) is 10.8 Å². The highest BCUT2D eigenvalue weighted by molar-refractivity contribution is 5.90. The summed E-state index contributed by atoms with van der Waals surface area (Å²) in [6, 6.07) is 5.71. The van der Waals surface area contributed by atoms with Crippen LogP contribution in [0.5, 0.6) is 0 Å². The maximum atomic E-state index is 11.7. The summed E-state index contributed by atoms with van der Waals surface area (Å²) < 4.78 is 0. The lowest BCUT2D eigenvalue weighted by Gasteiger charge is -2.34. The number of aryl methyl sites for hydroxylation is 1. The summed E-state index contributed by atoms with van der Waals surface area (Å²) in [5.41, 5.74) is 3.61. The van der Waals surface area contributed by atoms with Gasteiger partial charge in [-0.05, 0) is 42.5 Å². The molecule has 0 spiro atoms. The van der Waals surface area contributed by atoms with Crippen LogP contribution in [0.1, 0.15) is 48.8 Å². The van der Waals surface area contributed by atoms with Gasteiger partial charge in [-0.2, -0.15) is 0 Å². The number of rotatable bonds is 6. The predicted molar refractivity (Wildman–Crippen MR) is 90.4 cm³/mol. The van der Waals surface area contributed by atoms with Crippen molar-refractivity contribution in [3.63, 3.8) is 0 Å². The van der Waals surface area contributed by atoms with E-state index in [4.69, 9.17) is 5.21 Å². The highest BCUT2D eigenvalue weighted by atomic mass is 16.5. The van der Waals surface area contributed by atoms with Gasteiger partial charge in [-0.3, -0.25) is 20.1 Å². The van der Waals surface area contributed by atoms with Gasteiger partial charge >= 0.3 is 5.97 Å². The summed E-state index contributed by atoms with van der Waals surface area (Å²) in [6.07, 6.45) is 7.16. The van der Waals surface area contributed by atoms with E-state index >= 15 is 0 Å². The van der Waals surface area contributed by atoms with E-state index in [9.17, 15) is 14.7 Å². The highest BCUT2D eigenvalue weighted by Crippen LogP contribution is 2.29. The zero-order chi connectivity index (χ0) is 17.6. The summed E-state index contributed by atoms with van der Waals surface area (Å²) in [5.74, 6) is -1.35. The maximum Gasteiger partial charge on any atom is 0.323 e. The zero-order valence-electron chi connectivity index (χ0n) is 13.8. The third kappa shape index (κ3) is 4.43. The van der Waals surface area contributed by atoms with Crippen molar-refractivity contribution in [3.8, 4) is 0 Å². The first-order valence-electron chi connectivity index (χ1n) is 8.17. The topological polar surface area (TPSA) is 98.7 Å². The van der Waals surface area contributed by atoms with Crippen molar-refractivity contribution in [2.24, 2.45) is 0 Å². The number of carbonyl (C=O) groups excluding carboxylic acids is 1. The first-order valence-corrected chi connectivity index (χ1v) is 8.17. The Kier molecular flexibility index (Phi) is 6.11. The van der Waals surface area contributed by atoms with E-state index in [1.165, 1.54) is 6.08 Å². The van der Waals surface area contributed by atoms with Crippen molar-refractivity contribution >= 4 is 18.0 Å². The van der Waals surface area contributed by atoms with Crippen LogP contribution in [0.2, 0.25) is 0 Å². The SMILES string of the molecule is Cc1cc(/C=C/C(=O)NO)ccc1CNC1(C(=O)O)CCCCC1. The molecule has 0 atom stereocenters. The van der Waals surface area contributed by atoms with Crippen LogP contribution < -0.4 is 10.8 Å². The molecule has 1 fully saturated rings. The molecular weight excluding hydrogens is 308 g/mol. The number of carboxylic acid groups (broad SMARTS) is 1. The molecule has 0 bridgehead atoms. The molecule has 2 rings (SSSR count). The summed E-state index contributed by atoms with van der Waals surface area (Å²) in [7, 11) is 0. The lowest BCUT2D eigenvalue weighted by atomic mass is 9.81. The lowest BCUT2D eigenvalue weighted by Crippen LogP contribution is -2.52. The van der Waals surface area contributed by atoms with Crippen molar-refractivity contribution < 1.29 is 19.9 Å². The molecule has 0 heterocycles. The van der Waals surface area contributed by atoms with Crippen LogP contribution in [0.3, 0.4) is 0 Å². The molecule has 1 amide bonds. The molecule has 130 valence electrons. The summed E-state index contributed by atoms with van der Waals surface area (Å²) in [4.78, 5) is 22.7. The molecule has 0 aliphatic heterocycles. The van der Waals surface area contributed by atoms with Gasteiger partial charge in [-0.15, -0.1) is 0 Å². The molecule has 24 heavy (non-hydrogen) atoms. The first kappa shape index (κ1) is 18.2. The Morgan fingerprint density at radius 3 is 2.54 bits per heavy atom. The molecule has 6 nitrogen and oxygen atoms in total. The fraction of sp³-hybridized carbons (Fsp3) is 0.444. The molecule has 0 unspecified atom stereocenters. The van der Waals surface area contributed by atoms with E-state index in [1.807, 2.05) is 25.1 Å². The number of aliphatic carboxylic acids is 1. The first-order chi connectivity index (χ1) is 11.5. The van der Waals surface area contributed by atoms with Crippen LogP contribution in [0, 0.1) is 6.92 Å². The number of nitrogens with one attached hydrogen (secondary N) is 2. The van der Waals surface area contributed by atoms with E-state index < -0.39 is 17.4 Å². The number of hydrogen-bond acceptors (Lipinski definition) is 4. The third-order valence-electron chi connectivity index (χ3n) is 4.64. The van der Waals surface area contributed by atoms with Gasteiger partial charge in [0.15, 0.2) is 0 Å². The number of benzene rings is 1. The van der Waals surface area contributed by atoms with E-state index in [0.29, 0.717) is 19.4 Å². The van der Waals surface area contributed by atoms with E-state index in [-0.39, 0.29) is 0 Å². The highest BCUT2D eigenvalue weighted by Gasteiger charge is 2.38. The minimum atomic E-state index is -0.817. The van der Waals surface area contributed by atoms with Crippen molar-refractivity contribution in [2.45, 2.75) is 51.1 Å². The number of hydroxylamine groups is 1. The van der Waals surface area contributed by atoms with Gasteiger partial charge < -0.3 is 5.11 Å². The largest absolute Gasteiger partial charge is 0.480 e. The fourth-order valence-corrected chi connectivity index (χ4v) is 3.12. The molecule has 1 saturated carbocycles. The molecule has 0 saturated heterocycles. The monoisotopic (exact) mass is 332 g/mol. The number of carboxylic acids is 1. The van der Waals surface area contributed by atoms with E-state index in [0.717, 1.165) is 36.0 Å². The Morgan fingerprint density at radius 1 is 1.25 bits per heavy atom. The Bertz CT molecular complexity index is 634.